The molecule has 0 radical (unpaired) electrons. The van der Waals surface area contributed by atoms with Crippen LogP contribution in [-0.4, -0.2) is 25.9 Å². The standard InChI is InChI=1S/C12H17NO3/c1-15-10-6-5-8(9-4-3-7-13-9)11(14)12(10)16-2/h5-6,9,13-14H,3-4,7H2,1-2H3. The summed E-state index contributed by atoms with van der Waals surface area (Å²) in [6.07, 6.45) is 2.18. The first-order valence-corrected chi connectivity index (χ1v) is 5.45. The summed E-state index contributed by atoms with van der Waals surface area (Å²) in [6.45, 7) is 0.998. The van der Waals surface area contributed by atoms with E-state index in [0.717, 1.165) is 24.9 Å². The Balaban J connectivity index is 2.39. The van der Waals surface area contributed by atoms with E-state index in [-0.39, 0.29) is 11.8 Å². The molecule has 1 saturated heterocycles. The average molecular weight is 223 g/mol. The maximum absolute atomic E-state index is 10.1. The van der Waals surface area contributed by atoms with Crippen molar-refractivity contribution in [2.75, 3.05) is 20.8 Å². The van der Waals surface area contributed by atoms with Crippen molar-refractivity contribution in [2.24, 2.45) is 0 Å². The molecule has 88 valence electrons. The molecule has 2 N–H and O–H groups in total. The van der Waals surface area contributed by atoms with E-state index in [1.165, 1.54) is 7.11 Å². The molecule has 0 aromatic heterocycles. The Kier molecular flexibility index (Phi) is 3.19. The number of nitrogens with one attached hydrogen (secondary N) is 1. The number of hydrogen-bond acceptors (Lipinski definition) is 4. The Labute approximate surface area is 95.2 Å². The Morgan fingerprint density at radius 1 is 1.31 bits per heavy atom. The summed E-state index contributed by atoms with van der Waals surface area (Å²) in [4.78, 5) is 0. The molecule has 1 aromatic carbocycles. The number of hydrogen-bond donors (Lipinski definition) is 2. The van der Waals surface area contributed by atoms with Gasteiger partial charge in [0.15, 0.2) is 11.5 Å². The number of benzene rings is 1. The molecule has 1 heterocycles. The van der Waals surface area contributed by atoms with Crippen molar-refractivity contribution < 1.29 is 14.6 Å². The number of methoxy groups -OCH3 is 2. The summed E-state index contributed by atoms with van der Waals surface area (Å²) >= 11 is 0. The van der Waals surface area contributed by atoms with E-state index in [1.54, 1.807) is 7.11 Å². The fraction of sp³-hybridized carbons (Fsp3) is 0.500. The molecule has 0 saturated carbocycles. The van der Waals surface area contributed by atoms with Crippen LogP contribution in [-0.2, 0) is 0 Å². The highest BCUT2D eigenvalue weighted by atomic mass is 16.5. The molecule has 16 heavy (non-hydrogen) atoms. The van der Waals surface area contributed by atoms with Crippen molar-refractivity contribution in [3.63, 3.8) is 0 Å². The Bertz CT molecular complexity index is 373. The quantitative estimate of drug-likeness (QED) is 0.821. The largest absolute Gasteiger partial charge is 0.504 e. The van der Waals surface area contributed by atoms with Gasteiger partial charge in [0.2, 0.25) is 5.75 Å². The minimum absolute atomic E-state index is 0.182. The zero-order valence-electron chi connectivity index (χ0n) is 9.62. The topological polar surface area (TPSA) is 50.7 Å². The van der Waals surface area contributed by atoms with Gasteiger partial charge < -0.3 is 19.9 Å². The van der Waals surface area contributed by atoms with Crippen LogP contribution in [0.2, 0.25) is 0 Å². The highest BCUT2D eigenvalue weighted by Gasteiger charge is 2.23. The zero-order chi connectivity index (χ0) is 11.5. The molecule has 1 aliphatic rings. The van der Waals surface area contributed by atoms with Gasteiger partial charge in [-0.1, -0.05) is 0 Å². The molecule has 4 nitrogen and oxygen atoms in total. The maximum Gasteiger partial charge on any atom is 0.203 e. The molecular weight excluding hydrogens is 206 g/mol. The highest BCUT2D eigenvalue weighted by Crippen LogP contribution is 2.42. The van der Waals surface area contributed by atoms with Crippen molar-refractivity contribution >= 4 is 0 Å². The van der Waals surface area contributed by atoms with Gasteiger partial charge in [0, 0.05) is 11.6 Å². The molecule has 4 heteroatoms. The van der Waals surface area contributed by atoms with Gasteiger partial charge in [-0.3, -0.25) is 0 Å². The molecule has 0 amide bonds. The molecule has 0 spiro atoms. The lowest BCUT2D eigenvalue weighted by atomic mass is 10.0. The van der Waals surface area contributed by atoms with E-state index < -0.39 is 0 Å². The highest BCUT2D eigenvalue weighted by molar-refractivity contribution is 5.55. The second kappa shape index (κ2) is 4.61. The van der Waals surface area contributed by atoms with Crippen molar-refractivity contribution in [2.45, 2.75) is 18.9 Å². The molecule has 1 aliphatic heterocycles. The van der Waals surface area contributed by atoms with Gasteiger partial charge >= 0.3 is 0 Å². The van der Waals surface area contributed by atoms with Crippen molar-refractivity contribution in [3.05, 3.63) is 17.7 Å². The number of aromatic hydroxyl groups is 1. The zero-order valence-corrected chi connectivity index (χ0v) is 9.62. The molecular formula is C12H17NO3. The molecule has 0 bridgehead atoms. The van der Waals surface area contributed by atoms with E-state index in [2.05, 4.69) is 5.32 Å². The van der Waals surface area contributed by atoms with Crippen LogP contribution in [0.3, 0.4) is 0 Å². The average Bonchev–Trinajstić information content (AvgIpc) is 2.81. The van der Waals surface area contributed by atoms with Gasteiger partial charge in [-0.05, 0) is 31.5 Å². The summed E-state index contributed by atoms with van der Waals surface area (Å²) in [5.74, 6) is 1.15. The lowest BCUT2D eigenvalue weighted by Gasteiger charge is -2.16. The minimum Gasteiger partial charge on any atom is -0.504 e. The van der Waals surface area contributed by atoms with Gasteiger partial charge in [0.25, 0.3) is 0 Å². The SMILES string of the molecule is COc1ccc(C2CCCN2)c(O)c1OC. The minimum atomic E-state index is 0.182. The molecule has 1 fully saturated rings. The smallest absolute Gasteiger partial charge is 0.203 e. The lowest BCUT2D eigenvalue weighted by Crippen LogP contribution is -2.13. The molecule has 1 unspecified atom stereocenters. The first kappa shape index (κ1) is 11.1. The van der Waals surface area contributed by atoms with Gasteiger partial charge in [0.1, 0.15) is 0 Å². The van der Waals surface area contributed by atoms with Gasteiger partial charge in [-0.2, -0.15) is 0 Å². The summed E-state index contributed by atoms with van der Waals surface area (Å²) < 4.78 is 10.3. The van der Waals surface area contributed by atoms with E-state index in [4.69, 9.17) is 9.47 Å². The Morgan fingerprint density at radius 3 is 2.69 bits per heavy atom. The van der Waals surface area contributed by atoms with Crippen LogP contribution in [0.15, 0.2) is 12.1 Å². The van der Waals surface area contributed by atoms with E-state index in [0.29, 0.717) is 11.5 Å². The van der Waals surface area contributed by atoms with Crippen LogP contribution in [0, 0.1) is 0 Å². The predicted molar refractivity (Wildman–Crippen MR) is 61.2 cm³/mol. The number of rotatable bonds is 3. The van der Waals surface area contributed by atoms with Crippen molar-refractivity contribution in [1.29, 1.82) is 0 Å². The van der Waals surface area contributed by atoms with E-state index in [1.807, 2.05) is 12.1 Å². The molecule has 1 aromatic rings. The molecule has 1 atom stereocenters. The summed E-state index contributed by atoms with van der Waals surface area (Å²) in [7, 11) is 3.09. The second-order valence-electron chi connectivity index (χ2n) is 3.89. The van der Waals surface area contributed by atoms with E-state index in [9.17, 15) is 5.11 Å². The third kappa shape index (κ3) is 1.80. The predicted octanol–water partition coefficient (Wildman–Crippen LogP) is 1.83. The fourth-order valence-electron chi connectivity index (χ4n) is 2.16. The second-order valence-corrected chi connectivity index (χ2v) is 3.89. The number of phenols is 1. The van der Waals surface area contributed by atoms with Crippen LogP contribution in [0.4, 0.5) is 0 Å². The van der Waals surface area contributed by atoms with Crippen LogP contribution < -0.4 is 14.8 Å². The van der Waals surface area contributed by atoms with Gasteiger partial charge in [-0.25, -0.2) is 0 Å². The van der Waals surface area contributed by atoms with Crippen molar-refractivity contribution in [1.82, 2.24) is 5.32 Å². The molecule has 2 rings (SSSR count). The fourth-order valence-corrected chi connectivity index (χ4v) is 2.16. The lowest BCUT2D eigenvalue weighted by molar-refractivity contribution is 0.329. The summed E-state index contributed by atoms with van der Waals surface area (Å²) in [5.41, 5.74) is 0.884. The summed E-state index contributed by atoms with van der Waals surface area (Å²) in [6, 6.07) is 3.94. The Morgan fingerprint density at radius 2 is 2.12 bits per heavy atom. The van der Waals surface area contributed by atoms with Gasteiger partial charge in [0.05, 0.1) is 14.2 Å². The maximum atomic E-state index is 10.1. The Hall–Kier alpha value is -1.42. The van der Waals surface area contributed by atoms with Gasteiger partial charge in [-0.15, -0.1) is 0 Å². The van der Waals surface area contributed by atoms with Crippen LogP contribution in [0.1, 0.15) is 24.4 Å². The van der Waals surface area contributed by atoms with Crippen LogP contribution in [0.5, 0.6) is 17.2 Å². The first-order chi connectivity index (χ1) is 7.77. The van der Waals surface area contributed by atoms with Crippen LogP contribution in [0.25, 0.3) is 0 Å². The normalized spacial score (nSPS) is 19.8. The van der Waals surface area contributed by atoms with E-state index >= 15 is 0 Å². The third-order valence-corrected chi connectivity index (χ3v) is 2.99. The first-order valence-electron chi connectivity index (χ1n) is 5.45. The molecule has 0 aliphatic carbocycles. The summed E-state index contributed by atoms with van der Waals surface area (Å²) in [5, 5.41) is 13.5. The van der Waals surface area contributed by atoms with Crippen LogP contribution >= 0.6 is 0 Å². The number of phenolic OH excluding ortho intramolecular Hbond substituents is 1. The monoisotopic (exact) mass is 223 g/mol. The third-order valence-electron chi connectivity index (χ3n) is 2.99. The number of ether oxygens (including phenoxy) is 2. The van der Waals surface area contributed by atoms with Crippen molar-refractivity contribution in [3.8, 4) is 17.2 Å².